The van der Waals surface area contributed by atoms with Gasteiger partial charge in [-0.05, 0) is 37.0 Å². The molecular weight excluding hydrogens is 399 g/mol. The number of thiocarbonyl (C=S) groups is 1. The minimum Gasteiger partial charge on any atom is -0.391 e. The van der Waals surface area contributed by atoms with Crippen molar-refractivity contribution in [2.24, 2.45) is 5.16 Å². The van der Waals surface area contributed by atoms with Crippen LogP contribution in [0.2, 0.25) is 0 Å². The van der Waals surface area contributed by atoms with E-state index >= 15 is 0 Å². The van der Waals surface area contributed by atoms with Crippen LogP contribution >= 0.6 is 12.2 Å². The van der Waals surface area contributed by atoms with E-state index in [-0.39, 0.29) is 12.2 Å². The lowest BCUT2D eigenvalue weighted by molar-refractivity contribution is -0.138. The summed E-state index contributed by atoms with van der Waals surface area (Å²) >= 11 is 5.64. The highest BCUT2D eigenvalue weighted by atomic mass is 32.1. The Bertz CT molecular complexity index is 886. The predicted molar refractivity (Wildman–Crippen MR) is 110 cm³/mol. The van der Waals surface area contributed by atoms with E-state index in [0.29, 0.717) is 17.1 Å². The molecule has 0 bridgehead atoms. The van der Waals surface area contributed by atoms with Crippen molar-refractivity contribution in [2.75, 3.05) is 7.05 Å². The number of pyridine rings is 1. The SMILES string of the molecule is CNC(=S)C1(c2cccnc2)CCCCC1=NOCc1ccccc1C(F)(F)F. The molecule has 1 heterocycles. The fourth-order valence-corrected chi connectivity index (χ4v) is 4.12. The van der Waals surface area contributed by atoms with Crippen LogP contribution in [0, 0.1) is 0 Å². The smallest absolute Gasteiger partial charge is 0.391 e. The van der Waals surface area contributed by atoms with Crippen LogP contribution in [0.15, 0.2) is 53.9 Å². The van der Waals surface area contributed by atoms with Crippen LogP contribution in [0.3, 0.4) is 0 Å². The van der Waals surface area contributed by atoms with E-state index in [4.69, 9.17) is 17.1 Å². The Hall–Kier alpha value is -2.48. The summed E-state index contributed by atoms with van der Waals surface area (Å²) in [6.45, 7) is -0.269. The number of nitrogens with one attached hydrogen (secondary N) is 1. The van der Waals surface area contributed by atoms with Crippen LogP contribution in [-0.2, 0) is 23.0 Å². The second-order valence-electron chi connectivity index (χ2n) is 6.90. The van der Waals surface area contributed by atoms with E-state index in [0.717, 1.165) is 30.9 Å². The van der Waals surface area contributed by atoms with Gasteiger partial charge in [-0.15, -0.1) is 0 Å². The average Bonchev–Trinajstić information content (AvgIpc) is 2.74. The predicted octanol–water partition coefficient (Wildman–Crippen LogP) is 5.03. The van der Waals surface area contributed by atoms with Crippen LogP contribution < -0.4 is 5.32 Å². The van der Waals surface area contributed by atoms with E-state index in [2.05, 4.69) is 15.5 Å². The van der Waals surface area contributed by atoms with Crippen LogP contribution in [0.25, 0.3) is 0 Å². The molecule has 1 N–H and O–H groups in total. The van der Waals surface area contributed by atoms with Gasteiger partial charge in [0.15, 0.2) is 0 Å². The lowest BCUT2D eigenvalue weighted by atomic mass is 9.68. The maximum Gasteiger partial charge on any atom is 0.416 e. The minimum absolute atomic E-state index is 0.0448. The first-order valence-corrected chi connectivity index (χ1v) is 9.77. The number of halogens is 3. The number of nitrogens with zero attached hydrogens (tertiary/aromatic N) is 2. The molecule has 8 heteroatoms. The Morgan fingerprint density at radius 2 is 2.03 bits per heavy atom. The van der Waals surface area contributed by atoms with Gasteiger partial charge in [-0.2, -0.15) is 13.2 Å². The summed E-state index contributed by atoms with van der Waals surface area (Å²) in [4.78, 5) is 10.3. The van der Waals surface area contributed by atoms with E-state index in [1.807, 2.05) is 12.1 Å². The van der Waals surface area contributed by atoms with Crippen molar-refractivity contribution < 1.29 is 18.0 Å². The van der Waals surface area contributed by atoms with Crippen LogP contribution in [0.4, 0.5) is 13.2 Å². The zero-order valence-corrected chi connectivity index (χ0v) is 16.8. The van der Waals surface area contributed by atoms with Gasteiger partial charge in [-0.25, -0.2) is 0 Å². The molecule has 29 heavy (non-hydrogen) atoms. The van der Waals surface area contributed by atoms with Crippen LogP contribution in [-0.4, -0.2) is 22.7 Å². The summed E-state index contributed by atoms with van der Waals surface area (Å²) in [5.41, 5.74) is 0.272. The lowest BCUT2D eigenvalue weighted by Gasteiger charge is -2.38. The number of benzene rings is 1. The molecule has 0 radical (unpaired) electrons. The van der Waals surface area contributed by atoms with Crippen molar-refractivity contribution in [1.82, 2.24) is 10.3 Å². The molecule has 0 amide bonds. The topological polar surface area (TPSA) is 46.5 Å². The van der Waals surface area contributed by atoms with E-state index in [1.165, 1.54) is 12.1 Å². The largest absolute Gasteiger partial charge is 0.416 e. The molecule has 1 fully saturated rings. The number of hydrogen-bond donors (Lipinski definition) is 1. The fourth-order valence-electron chi connectivity index (χ4n) is 3.78. The van der Waals surface area contributed by atoms with Crippen molar-refractivity contribution in [3.8, 4) is 0 Å². The fraction of sp³-hybridized carbons (Fsp3) is 0.381. The van der Waals surface area contributed by atoms with Crippen molar-refractivity contribution in [1.29, 1.82) is 0 Å². The van der Waals surface area contributed by atoms with Gasteiger partial charge in [-0.3, -0.25) is 4.98 Å². The quantitative estimate of drug-likeness (QED) is 0.543. The highest BCUT2D eigenvalue weighted by Gasteiger charge is 2.44. The van der Waals surface area contributed by atoms with Crippen LogP contribution in [0.1, 0.15) is 42.4 Å². The summed E-state index contributed by atoms with van der Waals surface area (Å²) in [5.74, 6) is 0. The summed E-state index contributed by atoms with van der Waals surface area (Å²) in [6, 6.07) is 9.13. The second-order valence-corrected chi connectivity index (χ2v) is 7.31. The molecule has 3 rings (SSSR count). The molecule has 1 aromatic carbocycles. The maximum absolute atomic E-state index is 13.2. The molecule has 0 spiro atoms. The summed E-state index contributed by atoms with van der Waals surface area (Å²) < 4.78 is 39.6. The Labute approximate surface area is 173 Å². The molecule has 154 valence electrons. The van der Waals surface area contributed by atoms with E-state index in [9.17, 15) is 13.2 Å². The summed E-state index contributed by atoms with van der Waals surface area (Å²) in [5, 5.41) is 7.35. The van der Waals surface area contributed by atoms with Gasteiger partial charge >= 0.3 is 6.18 Å². The molecule has 0 saturated heterocycles. The van der Waals surface area contributed by atoms with E-state index in [1.54, 1.807) is 25.5 Å². The summed E-state index contributed by atoms with van der Waals surface area (Å²) in [7, 11) is 1.76. The highest BCUT2D eigenvalue weighted by Crippen LogP contribution is 2.39. The number of aromatic nitrogens is 1. The van der Waals surface area contributed by atoms with Gasteiger partial charge < -0.3 is 10.2 Å². The zero-order chi connectivity index (χ0) is 20.9. The third-order valence-corrected chi connectivity index (χ3v) is 5.75. The third-order valence-electron chi connectivity index (χ3n) is 5.19. The molecule has 4 nitrogen and oxygen atoms in total. The first-order chi connectivity index (χ1) is 13.9. The van der Waals surface area contributed by atoms with Crippen LogP contribution in [0.5, 0.6) is 0 Å². The molecule has 1 aliphatic carbocycles. The van der Waals surface area contributed by atoms with Gasteiger partial charge in [0.2, 0.25) is 0 Å². The van der Waals surface area contributed by atoms with Crippen molar-refractivity contribution in [3.63, 3.8) is 0 Å². The monoisotopic (exact) mass is 421 g/mol. The Balaban J connectivity index is 1.92. The average molecular weight is 421 g/mol. The number of oxime groups is 1. The highest BCUT2D eigenvalue weighted by molar-refractivity contribution is 7.80. The number of likely N-dealkylation sites (N-methyl/N-ethyl adjacent to an activating group) is 1. The first-order valence-electron chi connectivity index (χ1n) is 9.36. The maximum atomic E-state index is 13.2. The first kappa shape index (κ1) is 21.2. The molecule has 0 aliphatic heterocycles. The van der Waals surface area contributed by atoms with Crippen molar-refractivity contribution >= 4 is 22.9 Å². The zero-order valence-electron chi connectivity index (χ0n) is 16.0. The molecule has 1 saturated carbocycles. The minimum atomic E-state index is -4.44. The Morgan fingerprint density at radius 3 is 2.72 bits per heavy atom. The molecular formula is C21H22F3N3OS. The van der Waals surface area contributed by atoms with Gasteiger partial charge in [-0.1, -0.05) is 48.1 Å². The molecule has 1 aromatic heterocycles. The third kappa shape index (κ3) is 4.42. The van der Waals surface area contributed by atoms with Crippen molar-refractivity contribution in [2.45, 2.75) is 43.9 Å². The van der Waals surface area contributed by atoms with Crippen molar-refractivity contribution in [3.05, 3.63) is 65.5 Å². The standard InChI is InChI=1S/C21H22F3N3OS/c1-25-19(29)20(16-8-6-12-26-13-16)11-5-4-10-18(20)27-28-14-15-7-2-3-9-17(15)21(22,23)24/h2-3,6-9,12-13H,4-5,10-11,14H2,1H3,(H,25,29). The Morgan fingerprint density at radius 1 is 1.24 bits per heavy atom. The van der Waals surface area contributed by atoms with Gasteiger partial charge in [0.05, 0.1) is 21.7 Å². The summed E-state index contributed by atoms with van der Waals surface area (Å²) in [6.07, 6.45) is 2.25. The van der Waals surface area contributed by atoms with Gasteiger partial charge in [0, 0.05) is 25.0 Å². The number of rotatable bonds is 5. The van der Waals surface area contributed by atoms with Gasteiger partial charge in [0.25, 0.3) is 0 Å². The van der Waals surface area contributed by atoms with Gasteiger partial charge in [0.1, 0.15) is 6.61 Å². The molecule has 1 atom stereocenters. The Kier molecular flexibility index (Phi) is 6.52. The lowest BCUT2D eigenvalue weighted by Crippen LogP contribution is -2.50. The molecule has 1 unspecified atom stereocenters. The second kappa shape index (κ2) is 8.90. The van der Waals surface area contributed by atoms with E-state index < -0.39 is 17.2 Å². The number of alkyl halides is 3. The molecule has 2 aromatic rings. The normalized spacial score (nSPS) is 21.0. The molecule has 1 aliphatic rings. The number of hydrogen-bond acceptors (Lipinski definition) is 4.